The van der Waals surface area contributed by atoms with E-state index in [1.165, 1.54) is 54.9 Å². The summed E-state index contributed by atoms with van der Waals surface area (Å²) < 4.78 is 6.46. The molecule has 41 heavy (non-hydrogen) atoms. The fourth-order valence-corrected chi connectivity index (χ4v) is 6.25. The van der Waals surface area contributed by atoms with Crippen molar-refractivity contribution in [1.82, 2.24) is 0 Å². The molecule has 7 aromatic carbocycles. The summed E-state index contributed by atoms with van der Waals surface area (Å²) in [6.45, 7) is 0. The molecule has 0 atom stereocenters. The Kier molecular flexibility index (Phi) is 5.53. The maximum Gasteiger partial charge on any atom is 0.136 e. The van der Waals surface area contributed by atoms with Crippen LogP contribution in [0, 0.1) is 0 Å². The van der Waals surface area contributed by atoms with Crippen LogP contribution in [0.2, 0.25) is 0 Å². The SMILES string of the molecule is c1ccc(-c2ccccc2-c2cc3cc(-c4c5ccccc5c(-c5ccccc5)c5ccccc45)ccc3o2)cc1. The van der Waals surface area contributed by atoms with E-state index >= 15 is 0 Å². The molecule has 0 fully saturated rings. The van der Waals surface area contributed by atoms with Crippen molar-refractivity contribution in [2.45, 2.75) is 0 Å². The lowest BCUT2D eigenvalue weighted by Gasteiger charge is -2.17. The zero-order chi connectivity index (χ0) is 27.2. The molecule has 0 saturated heterocycles. The van der Waals surface area contributed by atoms with Gasteiger partial charge in [-0.2, -0.15) is 0 Å². The Morgan fingerprint density at radius 3 is 1.44 bits per heavy atom. The third kappa shape index (κ3) is 3.94. The molecule has 0 spiro atoms. The molecule has 1 nitrogen and oxygen atoms in total. The maximum atomic E-state index is 6.46. The summed E-state index contributed by atoms with van der Waals surface area (Å²) in [5.74, 6) is 0.880. The molecule has 192 valence electrons. The molecule has 0 aliphatic rings. The van der Waals surface area contributed by atoms with Crippen LogP contribution in [0.4, 0.5) is 0 Å². The number of fused-ring (bicyclic) bond motifs is 3. The molecule has 1 heteroatoms. The van der Waals surface area contributed by atoms with Crippen molar-refractivity contribution in [2.24, 2.45) is 0 Å². The minimum absolute atomic E-state index is 0.880. The van der Waals surface area contributed by atoms with Gasteiger partial charge in [0.15, 0.2) is 0 Å². The van der Waals surface area contributed by atoms with Gasteiger partial charge in [0.2, 0.25) is 0 Å². The highest BCUT2D eigenvalue weighted by atomic mass is 16.3. The third-order valence-corrected chi connectivity index (χ3v) is 8.08. The van der Waals surface area contributed by atoms with E-state index in [1.807, 2.05) is 0 Å². The van der Waals surface area contributed by atoms with Gasteiger partial charge in [0.25, 0.3) is 0 Å². The van der Waals surface area contributed by atoms with Crippen molar-refractivity contribution >= 4 is 32.5 Å². The van der Waals surface area contributed by atoms with E-state index < -0.39 is 0 Å². The number of hydrogen-bond donors (Lipinski definition) is 0. The van der Waals surface area contributed by atoms with Crippen molar-refractivity contribution in [3.63, 3.8) is 0 Å². The van der Waals surface area contributed by atoms with Crippen LogP contribution in [0.5, 0.6) is 0 Å². The highest BCUT2D eigenvalue weighted by molar-refractivity contribution is 6.21. The van der Waals surface area contributed by atoms with Crippen LogP contribution in [0.15, 0.2) is 162 Å². The molecule has 8 rings (SSSR count). The highest BCUT2D eigenvalue weighted by Crippen LogP contribution is 2.44. The highest BCUT2D eigenvalue weighted by Gasteiger charge is 2.18. The smallest absolute Gasteiger partial charge is 0.136 e. The molecule has 0 saturated carbocycles. The predicted octanol–water partition coefficient (Wildman–Crippen LogP) is 11.4. The Balaban J connectivity index is 1.35. The summed E-state index contributed by atoms with van der Waals surface area (Å²) in [4.78, 5) is 0. The van der Waals surface area contributed by atoms with E-state index in [0.717, 1.165) is 22.3 Å². The zero-order valence-electron chi connectivity index (χ0n) is 22.4. The van der Waals surface area contributed by atoms with Crippen molar-refractivity contribution in [3.8, 4) is 44.7 Å². The lowest BCUT2D eigenvalue weighted by Crippen LogP contribution is -1.90. The van der Waals surface area contributed by atoms with Gasteiger partial charge < -0.3 is 4.42 Å². The minimum Gasteiger partial charge on any atom is -0.456 e. The van der Waals surface area contributed by atoms with Gasteiger partial charge in [-0.1, -0.05) is 140 Å². The number of rotatable bonds is 4. The predicted molar refractivity (Wildman–Crippen MR) is 173 cm³/mol. The number of benzene rings is 7. The Labute approximate surface area is 238 Å². The normalized spacial score (nSPS) is 11.4. The Morgan fingerprint density at radius 1 is 0.341 bits per heavy atom. The number of hydrogen-bond acceptors (Lipinski definition) is 1. The van der Waals surface area contributed by atoms with E-state index in [9.17, 15) is 0 Å². The summed E-state index contributed by atoms with van der Waals surface area (Å²) >= 11 is 0. The van der Waals surface area contributed by atoms with Crippen LogP contribution in [0.3, 0.4) is 0 Å². The van der Waals surface area contributed by atoms with Crippen LogP contribution in [-0.2, 0) is 0 Å². The van der Waals surface area contributed by atoms with Gasteiger partial charge in [-0.15, -0.1) is 0 Å². The van der Waals surface area contributed by atoms with Crippen molar-refractivity contribution in [3.05, 3.63) is 158 Å². The van der Waals surface area contributed by atoms with Crippen molar-refractivity contribution in [1.29, 1.82) is 0 Å². The summed E-state index contributed by atoms with van der Waals surface area (Å²) in [5, 5.41) is 6.13. The van der Waals surface area contributed by atoms with E-state index in [1.54, 1.807) is 0 Å². The quantitative estimate of drug-likeness (QED) is 0.210. The molecular formula is C40H26O. The number of furan rings is 1. The first-order chi connectivity index (χ1) is 20.3. The lowest BCUT2D eigenvalue weighted by molar-refractivity contribution is 0.632. The second-order valence-corrected chi connectivity index (χ2v) is 10.5. The molecule has 1 heterocycles. The van der Waals surface area contributed by atoms with E-state index in [2.05, 4.69) is 158 Å². The fraction of sp³-hybridized carbons (Fsp3) is 0. The Bertz CT molecular complexity index is 2130. The van der Waals surface area contributed by atoms with Crippen LogP contribution in [0.1, 0.15) is 0 Å². The first-order valence-electron chi connectivity index (χ1n) is 14.0. The van der Waals surface area contributed by atoms with Gasteiger partial charge in [0.05, 0.1) is 0 Å². The molecule has 1 aromatic heterocycles. The van der Waals surface area contributed by atoms with Gasteiger partial charge in [-0.05, 0) is 73.1 Å². The molecule has 0 unspecified atom stereocenters. The molecule has 8 aromatic rings. The van der Waals surface area contributed by atoms with Crippen molar-refractivity contribution in [2.75, 3.05) is 0 Å². The van der Waals surface area contributed by atoms with Gasteiger partial charge in [0, 0.05) is 10.9 Å². The molecule has 0 aliphatic carbocycles. The van der Waals surface area contributed by atoms with Crippen LogP contribution in [0.25, 0.3) is 77.2 Å². The summed E-state index contributed by atoms with van der Waals surface area (Å²) in [6.07, 6.45) is 0. The third-order valence-electron chi connectivity index (χ3n) is 8.08. The second-order valence-electron chi connectivity index (χ2n) is 10.5. The monoisotopic (exact) mass is 522 g/mol. The molecular weight excluding hydrogens is 496 g/mol. The minimum atomic E-state index is 0.880. The first-order valence-corrected chi connectivity index (χ1v) is 14.0. The van der Waals surface area contributed by atoms with Gasteiger partial charge in [0.1, 0.15) is 11.3 Å². The largest absolute Gasteiger partial charge is 0.456 e. The van der Waals surface area contributed by atoms with Gasteiger partial charge in [-0.25, -0.2) is 0 Å². The molecule has 0 bridgehead atoms. The average molecular weight is 523 g/mol. The topological polar surface area (TPSA) is 13.1 Å². The average Bonchev–Trinajstić information content (AvgIpc) is 3.48. The van der Waals surface area contributed by atoms with Gasteiger partial charge >= 0.3 is 0 Å². The molecule has 0 aliphatic heterocycles. The van der Waals surface area contributed by atoms with Crippen LogP contribution in [-0.4, -0.2) is 0 Å². The van der Waals surface area contributed by atoms with Crippen molar-refractivity contribution < 1.29 is 4.42 Å². The van der Waals surface area contributed by atoms with E-state index in [0.29, 0.717) is 0 Å². The van der Waals surface area contributed by atoms with E-state index in [-0.39, 0.29) is 0 Å². The summed E-state index contributed by atoms with van der Waals surface area (Å²) in [7, 11) is 0. The summed E-state index contributed by atoms with van der Waals surface area (Å²) in [6, 6.07) is 56.1. The Morgan fingerprint density at radius 2 is 0.829 bits per heavy atom. The standard InChI is InChI=1S/C40H26O/c1-3-13-27(14-4-1)31-17-7-8-18-32(31)38-26-30-25-29(23-24-37(30)41-38)40-35-21-11-9-19-33(35)39(28-15-5-2-6-16-28)34-20-10-12-22-36(34)40/h1-26H. The Hall–Kier alpha value is -5.40. The van der Waals surface area contributed by atoms with E-state index in [4.69, 9.17) is 4.42 Å². The zero-order valence-corrected chi connectivity index (χ0v) is 22.4. The molecule has 0 N–H and O–H groups in total. The lowest BCUT2D eigenvalue weighted by atomic mass is 9.86. The first kappa shape index (κ1) is 23.5. The molecule has 0 amide bonds. The van der Waals surface area contributed by atoms with Gasteiger partial charge in [-0.3, -0.25) is 0 Å². The van der Waals surface area contributed by atoms with Crippen LogP contribution >= 0.6 is 0 Å². The van der Waals surface area contributed by atoms with Crippen LogP contribution < -0.4 is 0 Å². The molecule has 0 radical (unpaired) electrons. The fourth-order valence-electron chi connectivity index (χ4n) is 6.25. The maximum absolute atomic E-state index is 6.46. The summed E-state index contributed by atoms with van der Waals surface area (Å²) in [5.41, 5.74) is 9.30. The second kappa shape index (κ2) is 9.66.